The number of nitrogens with zero attached hydrogens (tertiary/aromatic N) is 3. The van der Waals surface area contributed by atoms with E-state index in [2.05, 4.69) is 22.3 Å². The molecule has 0 saturated heterocycles. The first-order valence-electron chi connectivity index (χ1n) is 12.4. The molecular weight excluding hydrogens is 458 g/mol. The molecule has 36 heavy (non-hydrogen) atoms. The number of carbonyl (C=O) groups is 2. The van der Waals surface area contributed by atoms with Gasteiger partial charge < -0.3 is 19.3 Å². The molecule has 2 aromatic carbocycles. The first kappa shape index (κ1) is 24.0. The van der Waals surface area contributed by atoms with E-state index in [0.717, 1.165) is 25.7 Å². The van der Waals surface area contributed by atoms with Gasteiger partial charge in [-0.05, 0) is 63.8 Å². The maximum atomic E-state index is 13.4. The van der Waals surface area contributed by atoms with Crippen LogP contribution in [0.1, 0.15) is 74.1 Å². The van der Waals surface area contributed by atoms with Gasteiger partial charge in [0, 0.05) is 24.1 Å². The molecule has 0 bridgehead atoms. The molecule has 1 unspecified atom stereocenters. The molecule has 0 aliphatic heterocycles. The zero-order valence-corrected chi connectivity index (χ0v) is 20.8. The topological polar surface area (TPSA) is 106 Å². The molecule has 2 aliphatic carbocycles. The van der Waals surface area contributed by atoms with E-state index in [-0.39, 0.29) is 29.5 Å². The summed E-state index contributed by atoms with van der Waals surface area (Å²) in [6.45, 7) is 6.07. The van der Waals surface area contributed by atoms with Crippen LogP contribution in [-0.2, 0) is 10.2 Å². The van der Waals surface area contributed by atoms with Crippen LogP contribution in [0.3, 0.4) is 0 Å². The smallest absolute Gasteiger partial charge is 0.410 e. The van der Waals surface area contributed by atoms with Crippen molar-refractivity contribution in [2.45, 2.75) is 69.4 Å². The first-order chi connectivity index (χ1) is 17.2. The van der Waals surface area contributed by atoms with Crippen molar-refractivity contribution >= 4 is 12.1 Å². The number of aromatic carboxylic acids is 1. The molecule has 3 aromatic rings. The Balaban J connectivity index is 1.41. The Bertz CT molecular complexity index is 1260. The third-order valence-corrected chi connectivity index (χ3v) is 7.05. The minimum atomic E-state index is -1.02. The van der Waals surface area contributed by atoms with Gasteiger partial charge >= 0.3 is 12.1 Å². The van der Waals surface area contributed by atoms with Gasteiger partial charge in [-0.1, -0.05) is 48.0 Å². The number of hydrogen-bond acceptors (Lipinski definition) is 6. The van der Waals surface area contributed by atoms with E-state index in [4.69, 9.17) is 9.26 Å². The number of ether oxygens (including phenoxy) is 1. The zero-order chi connectivity index (χ0) is 25.5. The van der Waals surface area contributed by atoms with Gasteiger partial charge in [0.05, 0.1) is 11.0 Å². The van der Waals surface area contributed by atoms with Gasteiger partial charge in [0.2, 0.25) is 0 Å². The molecule has 1 N–H and O–H groups in total. The van der Waals surface area contributed by atoms with Crippen LogP contribution < -0.4 is 0 Å². The van der Waals surface area contributed by atoms with Crippen LogP contribution in [0.5, 0.6) is 0 Å². The van der Waals surface area contributed by atoms with Crippen LogP contribution in [-0.4, -0.2) is 50.4 Å². The second kappa shape index (κ2) is 9.08. The highest BCUT2D eigenvalue weighted by Crippen LogP contribution is 2.49. The average Bonchev–Trinajstić information content (AvgIpc) is 3.44. The van der Waals surface area contributed by atoms with E-state index >= 15 is 0 Å². The van der Waals surface area contributed by atoms with Crippen LogP contribution in [0.25, 0.3) is 11.5 Å². The molecule has 0 spiro atoms. The molecule has 2 atom stereocenters. The van der Waals surface area contributed by atoms with Crippen molar-refractivity contribution in [2.24, 2.45) is 0 Å². The lowest BCUT2D eigenvalue weighted by atomic mass is 9.67. The predicted molar refractivity (Wildman–Crippen MR) is 133 cm³/mol. The fourth-order valence-corrected chi connectivity index (χ4v) is 4.95. The summed E-state index contributed by atoms with van der Waals surface area (Å²) in [5.74, 6) is 0.0830. The van der Waals surface area contributed by atoms with E-state index in [1.54, 1.807) is 12.1 Å². The molecular formula is C28H31N3O5. The average molecular weight is 490 g/mol. The Morgan fingerprint density at radius 3 is 2.53 bits per heavy atom. The maximum absolute atomic E-state index is 13.4. The number of amides is 1. The molecule has 0 radical (unpaired) electrons. The van der Waals surface area contributed by atoms with Crippen LogP contribution in [0.4, 0.5) is 4.79 Å². The fraction of sp³-hybridized carbons (Fsp3) is 0.429. The van der Waals surface area contributed by atoms with Crippen LogP contribution in [0.2, 0.25) is 0 Å². The lowest BCUT2D eigenvalue weighted by Gasteiger charge is -2.43. The minimum Gasteiger partial charge on any atom is -0.478 e. The molecule has 5 rings (SSSR count). The first-order valence-corrected chi connectivity index (χ1v) is 12.4. The predicted octanol–water partition coefficient (Wildman–Crippen LogP) is 5.65. The van der Waals surface area contributed by atoms with Gasteiger partial charge in [0.1, 0.15) is 5.60 Å². The Labute approximate surface area is 210 Å². The van der Waals surface area contributed by atoms with Crippen LogP contribution in [0, 0.1) is 0 Å². The van der Waals surface area contributed by atoms with Crippen molar-refractivity contribution in [3.63, 3.8) is 0 Å². The molecule has 2 saturated carbocycles. The second-order valence-electron chi connectivity index (χ2n) is 10.9. The Morgan fingerprint density at radius 2 is 1.89 bits per heavy atom. The number of carbonyl (C=O) groups excluding carboxylic acids is 1. The fourth-order valence-electron chi connectivity index (χ4n) is 4.95. The Hall–Kier alpha value is -3.68. The lowest BCUT2D eigenvalue weighted by molar-refractivity contribution is 0.0123. The molecule has 2 fully saturated rings. The standard InChI is InChI=1S/C28H31N3O5/c1-27(2,3)35-26(34)31(22-16-21(22)18-9-5-4-6-10-18)17-28(13-8-14-28)25-29-23(36-30-25)19-11-7-12-20(15-19)24(32)33/h4-7,9-12,15,21-22H,8,13-14,16-17H2,1-3H3,(H,32,33)/t21?,22-/m0/s1. The van der Waals surface area contributed by atoms with E-state index in [1.807, 2.05) is 43.9 Å². The number of aromatic nitrogens is 2. The van der Waals surface area contributed by atoms with E-state index in [1.165, 1.54) is 17.7 Å². The lowest BCUT2D eigenvalue weighted by Crippen LogP contribution is -2.50. The van der Waals surface area contributed by atoms with Crippen molar-refractivity contribution in [1.82, 2.24) is 15.0 Å². The summed E-state index contributed by atoms with van der Waals surface area (Å²) in [4.78, 5) is 31.3. The summed E-state index contributed by atoms with van der Waals surface area (Å²) >= 11 is 0. The highest BCUT2D eigenvalue weighted by molar-refractivity contribution is 5.88. The normalized spacial score (nSPS) is 20.3. The maximum Gasteiger partial charge on any atom is 0.410 e. The van der Waals surface area contributed by atoms with E-state index < -0.39 is 17.0 Å². The van der Waals surface area contributed by atoms with Gasteiger partial charge in [0.25, 0.3) is 5.89 Å². The third kappa shape index (κ3) is 4.85. The number of carboxylic acids is 1. The zero-order valence-electron chi connectivity index (χ0n) is 20.8. The van der Waals surface area contributed by atoms with Gasteiger partial charge in [-0.15, -0.1) is 0 Å². The van der Waals surface area contributed by atoms with Crippen molar-refractivity contribution in [3.8, 4) is 11.5 Å². The Kier molecular flexibility index (Phi) is 6.06. The monoisotopic (exact) mass is 489 g/mol. The number of benzene rings is 2. The molecule has 188 valence electrons. The van der Waals surface area contributed by atoms with Crippen LogP contribution >= 0.6 is 0 Å². The van der Waals surface area contributed by atoms with Gasteiger partial charge in [-0.25, -0.2) is 9.59 Å². The largest absolute Gasteiger partial charge is 0.478 e. The van der Waals surface area contributed by atoms with Crippen molar-refractivity contribution in [1.29, 1.82) is 0 Å². The summed E-state index contributed by atoms with van der Waals surface area (Å²) in [5, 5.41) is 13.6. The summed E-state index contributed by atoms with van der Waals surface area (Å²) in [5.41, 5.74) is 0.903. The molecule has 2 aliphatic rings. The highest BCUT2D eigenvalue weighted by atomic mass is 16.6. The van der Waals surface area contributed by atoms with Gasteiger partial charge in [0.15, 0.2) is 5.82 Å². The van der Waals surface area contributed by atoms with Gasteiger partial charge in [-0.2, -0.15) is 4.98 Å². The number of rotatable bonds is 7. The molecule has 1 heterocycles. The highest BCUT2D eigenvalue weighted by Gasteiger charge is 2.52. The summed E-state index contributed by atoms with van der Waals surface area (Å²) in [6, 6.07) is 16.8. The summed E-state index contributed by atoms with van der Waals surface area (Å²) < 4.78 is 11.4. The van der Waals surface area contributed by atoms with Crippen molar-refractivity contribution in [2.75, 3.05) is 6.54 Å². The second-order valence-corrected chi connectivity index (χ2v) is 10.9. The van der Waals surface area contributed by atoms with Crippen molar-refractivity contribution < 1.29 is 24.0 Å². The minimum absolute atomic E-state index is 0.0540. The molecule has 1 amide bonds. The number of carboxylic acid groups (broad SMARTS) is 1. The third-order valence-electron chi connectivity index (χ3n) is 7.05. The van der Waals surface area contributed by atoms with Crippen LogP contribution in [0.15, 0.2) is 59.1 Å². The molecule has 8 heteroatoms. The SMILES string of the molecule is CC(C)(C)OC(=O)N(CC1(c2noc(-c3cccc(C(=O)O)c3)n2)CCC1)[C@H]1CC1c1ccccc1. The quantitative estimate of drug-likeness (QED) is 0.457. The molecule has 1 aromatic heterocycles. The number of hydrogen-bond donors (Lipinski definition) is 1. The van der Waals surface area contributed by atoms with Gasteiger partial charge in [-0.3, -0.25) is 0 Å². The van der Waals surface area contributed by atoms with E-state index in [9.17, 15) is 14.7 Å². The summed E-state index contributed by atoms with van der Waals surface area (Å²) in [6.07, 6.45) is 3.24. The van der Waals surface area contributed by atoms with Crippen molar-refractivity contribution in [3.05, 3.63) is 71.5 Å². The van der Waals surface area contributed by atoms with E-state index in [0.29, 0.717) is 17.9 Å². The molecule has 8 nitrogen and oxygen atoms in total. The summed E-state index contributed by atoms with van der Waals surface area (Å²) in [7, 11) is 0. The Morgan fingerprint density at radius 1 is 1.14 bits per heavy atom.